The number of rotatable bonds is 5. The van der Waals surface area contributed by atoms with Crippen LogP contribution in [0.2, 0.25) is 0 Å². The number of hydrogen-bond acceptors (Lipinski definition) is 1. The van der Waals surface area contributed by atoms with E-state index in [4.69, 9.17) is 0 Å². The van der Waals surface area contributed by atoms with E-state index < -0.39 is 0 Å². The van der Waals surface area contributed by atoms with Gasteiger partial charge in [-0.2, -0.15) is 0 Å². The van der Waals surface area contributed by atoms with E-state index in [0.29, 0.717) is 6.04 Å². The zero-order valence-corrected chi connectivity index (χ0v) is 8.97. The number of nitrogens with one attached hydrogen (secondary N) is 1. The Morgan fingerprint density at radius 1 is 1.46 bits per heavy atom. The minimum atomic E-state index is 0.119. The molecule has 1 rings (SSSR count). The largest absolute Gasteiger partial charge is 0.353 e. The van der Waals surface area contributed by atoms with Gasteiger partial charge in [-0.25, -0.2) is 0 Å². The van der Waals surface area contributed by atoms with E-state index in [1.165, 1.54) is 19.3 Å². The van der Waals surface area contributed by atoms with Crippen LogP contribution in [0.1, 0.15) is 46.5 Å². The van der Waals surface area contributed by atoms with Gasteiger partial charge in [0.2, 0.25) is 5.91 Å². The summed E-state index contributed by atoms with van der Waals surface area (Å²) in [5, 5.41) is 3.10. The van der Waals surface area contributed by atoms with Crippen LogP contribution in [0.3, 0.4) is 0 Å². The van der Waals surface area contributed by atoms with Crippen molar-refractivity contribution >= 4 is 5.91 Å². The first-order valence-electron chi connectivity index (χ1n) is 5.43. The Balaban J connectivity index is 2.25. The van der Waals surface area contributed by atoms with Crippen LogP contribution in [-0.4, -0.2) is 11.9 Å². The highest BCUT2D eigenvalue weighted by atomic mass is 16.1. The Morgan fingerprint density at radius 2 is 2.08 bits per heavy atom. The lowest BCUT2D eigenvalue weighted by Gasteiger charge is -2.17. The molecule has 1 aliphatic rings. The molecule has 2 heteroatoms. The van der Waals surface area contributed by atoms with Gasteiger partial charge in [-0.3, -0.25) is 4.79 Å². The van der Waals surface area contributed by atoms with Crippen molar-refractivity contribution in [3.8, 4) is 0 Å². The molecule has 1 saturated carbocycles. The van der Waals surface area contributed by atoms with Crippen molar-refractivity contribution in [1.29, 1.82) is 0 Å². The van der Waals surface area contributed by atoms with Gasteiger partial charge in [-0.05, 0) is 18.8 Å². The maximum Gasteiger partial charge on any atom is 0.222 e. The van der Waals surface area contributed by atoms with E-state index in [1.807, 2.05) is 13.8 Å². The van der Waals surface area contributed by atoms with Crippen LogP contribution in [0.25, 0.3) is 0 Å². The molecule has 1 atom stereocenters. The molecule has 0 heterocycles. The molecule has 1 N–H and O–H groups in total. The first-order valence-corrected chi connectivity index (χ1v) is 5.43. The maximum absolute atomic E-state index is 11.4. The number of carbonyl (C=O) groups is 1. The van der Waals surface area contributed by atoms with E-state index in [9.17, 15) is 4.79 Å². The molecule has 0 aliphatic heterocycles. The van der Waals surface area contributed by atoms with Gasteiger partial charge in [0.15, 0.2) is 0 Å². The molecule has 1 unspecified atom stereocenters. The van der Waals surface area contributed by atoms with Crippen LogP contribution >= 0.6 is 0 Å². The van der Waals surface area contributed by atoms with E-state index in [1.54, 1.807) is 0 Å². The highest BCUT2D eigenvalue weighted by Crippen LogP contribution is 2.34. The first-order chi connectivity index (χ1) is 6.13. The van der Waals surface area contributed by atoms with Crippen molar-refractivity contribution in [3.05, 3.63) is 0 Å². The van der Waals surface area contributed by atoms with Crippen LogP contribution in [-0.2, 0) is 4.79 Å². The third-order valence-electron chi connectivity index (χ3n) is 2.68. The van der Waals surface area contributed by atoms with Gasteiger partial charge in [0.1, 0.15) is 0 Å². The van der Waals surface area contributed by atoms with Crippen LogP contribution < -0.4 is 5.32 Å². The van der Waals surface area contributed by atoms with Crippen molar-refractivity contribution in [2.45, 2.75) is 52.5 Å². The molecular weight excluding hydrogens is 162 g/mol. The average molecular weight is 183 g/mol. The SMILES string of the molecule is CCC(CC1CC1)NC(=O)C(C)C. The lowest BCUT2D eigenvalue weighted by atomic mass is 10.1. The number of hydrogen-bond donors (Lipinski definition) is 1. The summed E-state index contributed by atoms with van der Waals surface area (Å²) in [5.41, 5.74) is 0. The summed E-state index contributed by atoms with van der Waals surface area (Å²) in [6.45, 7) is 6.03. The Kier molecular flexibility index (Phi) is 3.76. The summed E-state index contributed by atoms with van der Waals surface area (Å²) in [6, 6.07) is 0.419. The summed E-state index contributed by atoms with van der Waals surface area (Å²) in [4.78, 5) is 11.4. The third-order valence-corrected chi connectivity index (χ3v) is 2.68. The highest BCUT2D eigenvalue weighted by molar-refractivity contribution is 5.78. The molecule has 76 valence electrons. The molecule has 0 saturated heterocycles. The molecule has 1 fully saturated rings. The molecule has 0 spiro atoms. The van der Waals surface area contributed by atoms with Gasteiger partial charge < -0.3 is 5.32 Å². The Hall–Kier alpha value is -0.530. The van der Waals surface area contributed by atoms with Crippen molar-refractivity contribution in [2.75, 3.05) is 0 Å². The van der Waals surface area contributed by atoms with Gasteiger partial charge in [0, 0.05) is 12.0 Å². The predicted octanol–water partition coefficient (Wildman–Crippen LogP) is 2.34. The zero-order chi connectivity index (χ0) is 9.84. The fourth-order valence-electron chi connectivity index (χ4n) is 1.45. The summed E-state index contributed by atoms with van der Waals surface area (Å²) in [5.74, 6) is 1.22. The second kappa shape index (κ2) is 4.64. The molecule has 1 amide bonds. The Bertz CT molecular complexity index is 173. The monoisotopic (exact) mass is 183 g/mol. The topological polar surface area (TPSA) is 29.1 Å². The van der Waals surface area contributed by atoms with E-state index in [-0.39, 0.29) is 11.8 Å². The third kappa shape index (κ3) is 3.79. The zero-order valence-electron chi connectivity index (χ0n) is 8.97. The van der Waals surface area contributed by atoms with Crippen molar-refractivity contribution in [1.82, 2.24) is 5.32 Å². The highest BCUT2D eigenvalue weighted by Gasteiger charge is 2.25. The van der Waals surface area contributed by atoms with Crippen LogP contribution in [0.4, 0.5) is 0 Å². The molecule has 0 bridgehead atoms. The second-order valence-corrected chi connectivity index (χ2v) is 4.45. The molecule has 0 aromatic rings. The smallest absolute Gasteiger partial charge is 0.222 e. The standard InChI is InChI=1S/C11H21NO/c1-4-10(7-9-5-6-9)12-11(13)8(2)3/h8-10H,4-7H2,1-3H3,(H,12,13). The summed E-state index contributed by atoms with van der Waals surface area (Å²) in [7, 11) is 0. The predicted molar refractivity (Wildman–Crippen MR) is 54.4 cm³/mol. The average Bonchev–Trinajstić information content (AvgIpc) is 2.86. The van der Waals surface area contributed by atoms with Crippen molar-refractivity contribution in [3.63, 3.8) is 0 Å². The van der Waals surface area contributed by atoms with E-state index in [0.717, 1.165) is 12.3 Å². The molecule has 2 nitrogen and oxygen atoms in total. The van der Waals surface area contributed by atoms with E-state index in [2.05, 4.69) is 12.2 Å². The molecule has 13 heavy (non-hydrogen) atoms. The Morgan fingerprint density at radius 3 is 2.46 bits per heavy atom. The minimum absolute atomic E-state index is 0.119. The molecular formula is C11H21NO. The van der Waals surface area contributed by atoms with Crippen LogP contribution in [0, 0.1) is 11.8 Å². The van der Waals surface area contributed by atoms with Gasteiger partial charge in [-0.15, -0.1) is 0 Å². The Labute approximate surface area is 81.1 Å². The van der Waals surface area contributed by atoms with Crippen molar-refractivity contribution in [2.24, 2.45) is 11.8 Å². The molecule has 0 radical (unpaired) electrons. The normalized spacial score (nSPS) is 18.8. The number of amides is 1. The summed E-state index contributed by atoms with van der Waals surface area (Å²) >= 11 is 0. The fraction of sp³-hybridized carbons (Fsp3) is 0.909. The summed E-state index contributed by atoms with van der Waals surface area (Å²) in [6.07, 6.45) is 4.99. The first kappa shape index (κ1) is 10.6. The fourth-order valence-corrected chi connectivity index (χ4v) is 1.45. The van der Waals surface area contributed by atoms with Crippen LogP contribution in [0.5, 0.6) is 0 Å². The van der Waals surface area contributed by atoms with Gasteiger partial charge in [0.25, 0.3) is 0 Å². The summed E-state index contributed by atoms with van der Waals surface area (Å²) < 4.78 is 0. The molecule has 0 aromatic heterocycles. The second-order valence-electron chi connectivity index (χ2n) is 4.45. The minimum Gasteiger partial charge on any atom is -0.353 e. The van der Waals surface area contributed by atoms with E-state index >= 15 is 0 Å². The van der Waals surface area contributed by atoms with Gasteiger partial charge in [-0.1, -0.05) is 33.6 Å². The quantitative estimate of drug-likeness (QED) is 0.696. The van der Waals surface area contributed by atoms with Gasteiger partial charge in [0.05, 0.1) is 0 Å². The maximum atomic E-state index is 11.4. The number of carbonyl (C=O) groups excluding carboxylic acids is 1. The molecule has 1 aliphatic carbocycles. The van der Waals surface area contributed by atoms with Crippen LogP contribution in [0.15, 0.2) is 0 Å². The lowest BCUT2D eigenvalue weighted by molar-refractivity contribution is -0.124. The van der Waals surface area contributed by atoms with Gasteiger partial charge >= 0.3 is 0 Å². The molecule has 0 aromatic carbocycles. The lowest BCUT2D eigenvalue weighted by Crippen LogP contribution is -2.37. The van der Waals surface area contributed by atoms with Crippen molar-refractivity contribution < 1.29 is 4.79 Å².